The second-order valence-corrected chi connectivity index (χ2v) is 5.67. The van der Waals surface area contributed by atoms with Crippen molar-refractivity contribution in [3.8, 4) is 17.3 Å². The van der Waals surface area contributed by atoms with Crippen LogP contribution in [0.3, 0.4) is 0 Å². The van der Waals surface area contributed by atoms with Crippen LogP contribution in [0.25, 0.3) is 17.3 Å². The van der Waals surface area contributed by atoms with Gasteiger partial charge in [0, 0.05) is 29.4 Å². The Bertz CT molecular complexity index is 892. The number of nitriles is 1. The summed E-state index contributed by atoms with van der Waals surface area (Å²) in [5.74, 6) is -0.00881. The van der Waals surface area contributed by atoms with Crippen LogP contribution in [-0.2, 0) is 11.3 Å². The fraction of sp³-hybridized carbons (Fsp3) is 0.0588. The van der Waals surface area contributed by atoms with Gasteiger partial charge in [-0.25, -0.2) is 4.98 Å². The number of nitrogens with zero attached hydrogens (tertiary/aromatic N) is 3. The summed E-state index contributed by atoms with van der Waals surface area (Å²) in [7, 11) is 0. The van der Waals surface area contributed by atoms with Crippen molar-refractivity contribution in [1.82, 2.24) is 15.3 Å². The first-order chi connectivity index (χ1) is 11.8. The minimum absolute atomic E-state index is 0.0177. The Morgan fingerprint density at radius 2 is 2.21 bits per heavy atom. The van der Waals surface area contributed by atoms with Crippen LogP contribution in [0.15, 0.2) is 58.3 Å². The molecule has 3 aromatic heterocycles. The van der Waals surface area contributed by atoms with Crippen LogP contribution in [0.1, 0.15) is 10.8 Å². The van der Waals surface area contributed by atoms with E-state index in [1.54, 1.807) is 24.5 Å². The number of amides is 1. The SMILES string of the molecule is N#C/C(=C/c1ccco1)C(=O)NCc1nc(-c2ccncc2)cs1. The van der Waals surface area contributed by atoms with Gasteiger partial charge in [-0.05, 0) is 24.3 Å². The van der Waals surface area contributed by atoms with Crippen LogP contribution in [0.5, 0.6) is 0 Å². The predicted octanol–water partition coefficient (Wildman–Crippen LogP) is 3.02. The molecule has 6 nitrogen and oxygen atoms in total. The minimum Gasteiger partial charge on any atom is -0.465 e. The van der Waals surface area contributed by atoms with Crippen LogP contribution in [0.2, 0.25) is 0 Å². The van der Waals surface area contributed by atoms with E-state index in [1.165, 1.54) is 23.7 Å². The number of aromatic nitrogens is 2. The molecule has 0 aromatic carbocycles. The molecule has 0 spiro atoms. The summed E-state index contributed by atoms with van der Waals surface area (Å²) >= 11 is 1.44. The second kappa shape index (κ2) is 7.35. The third-order valence-corrected chi connectivity index (χ3v) is 3.97. The second-order valence-electron chi connectivity index (χ2n) is 4.73. The van der Waals surface area contributed by atoms with E-state index in [1.807, 2.05) is 23.6 Å². The van der Waals surface area contributed by atoms with E-state index in [0.29, 0.717) is 5.76 Å². The Morgan fingerprint density at radius 3 is 2.92 bits per heavy atom. The van der Waals surface area contributed by atoms with Crippen molar-refractivity contribution in [3.05, 3.63) is 64.6 Å². The van der Waals surface area contributed by atoms with E-state index >= 15 is 0 Å². The van der Waals surface area contributed by atoms with Crippen LogP contribution in [-0.4, -0.2) is 15.9 Å². The molecule has 1 amide bonds. The van der Waals surface area contributed by atoms with E-state index in [-0.39, 0.29) is 12.1 Å². The molecule has 0 fully saturated rings. The average Bonchev–Trinajstić information content (AvgIpc) is 3.30. The highest BCUT2D eigenvalue weighted by atomic mass is 32.1. The van der Waals surface area contributed by atoms with Crippen molar-refractivity contribution in [2.45, 2.75) is 6.54 Å². The summed E-state index contributed by atoms with van der Waals surface area (Å²) in [6, 6.07) is 8.98. The molecule has 0 atom stereocenters. The summed E-state index contributed by atoms with van der Waals surface area (Å²) in [5.41, 5.74) is 1.78. The van der Waals surface area contributed by atoms with Gasteiger partial charge in [-0.1, -0.05) is 0 Å². The maximum atomic E-state index is 12.1. The van der Waals surface area contributed by atoms with Crippen LogP contribution < -0.4 is 5.32 Å². The number of thiazole rings is 1. The van der Waals surface area contributed by atoms with E-state index < -0.39 is 5.91 Å². The Kier molecular flexibility index (Phi) is 4.79. The molecule has 0 bridgehead atoms. The number of furan rings is 1. The quantitative estimate of drug-likeness (QED) is 0.571. The molecular weight excluding hydrogens is 324 g/mol. The molecule has 3 rings (SSSR count). The number of carbonyl (C=O) groups excluding carboxylic acids is 1. The molecule has 0 radical (unpaired) electrons. The van der Waals surface area contributed by atoms with Gasteiger partial charge >= 0.3 is 0 Å². The van der Waals surface area contributed by atoms with E-state index in [2.05, 4.69) is 15.3 Å². The largest absolute Gasteiger partial charge is 0.465 e. The Morgan fingerprint density at radius 1 is 1.38 bits per heavy atom. The standard InChI is InChI=1S/C17H12N4O2S/c18-9-13(8-14-2-1-7-23-14)17(22)20-10-16-21-15(11-24-16)12-3-5-19-6-4-12/h1-8,11H,10H2,(H,20,22)/b13-8-. The predicted molar refractivity (Wildman–Crippen MR) is 89.5 cm³/mol. The van der Waals surface area contributed by atoms with Gasteiger partial charge in [0.15, 0.2) is 0 Å². The highest BCUT2D eigenvalue weighted by Gasteiger charge is 2.11. The van der Waals surface area contributed by atoms with Crippen molar-refractivity contribution in [2.75, 3.05) is 0 Å². The maximum Gasteiger partial charge on any atom is 0.262 e. The van der Waals surface area contributed by atoms with Gasteiger partial charge in [-0.15, -0.1) is 11.3 Å². The summed E-state index contributed by atoms with van der Waals surface area (Å²) in [5, 5.41) is 14.5. The Hall–Kier alpha value is -3.24. The molecule has 7 heteroatoms. The lowest BCUT2D eigenvalue weighted by Gasteiger charge is -2.01. The summed E-state index contributed by atoms with van der Waals surface area (Å²) in [6.45, 7) is 0.256. The molecule has 0 saturated heterocycles. The van der Waals surface area contributed by atoms with E-state index in [4.69, 9.17) is 9.68 Å². The van der Waals surface area contributed by atoms with Gasteiger partial charge < -0.3 is 9.73 Å². The summed E-state index contributed by atoms with van der Waals surface area (Å²) in [4.78, 5) is 20.5. The lowest BCUT2D eigenvalue weighted by molar-refractivity contribution is -0.117. The number of hydrogen-bond donors (Lipinski definition) is 1. The summed E-state index contributed by atoms with van der Waals surface area (Å²) in [6.07, 6.45) is 6.29. The Balaban J connectivity index is 1.64. The lowest BCUT2D eigenvalue weighted by atomic mass is 10.2. The molecule has 3 heterocycles. The zero-order valence-corrected chi connectivity index (χ0v) is 13.3. The molecule has 3 aromatic rings. The van der Waals surface area contributed by atoms with Crippen molar-refractivity contribution in [2.24, 2.45) is 0 Å². The molecule has 24 heavy (non-hydrogen) atoms. The van der Waals surface area contributed by atoms with Crippen LogP contribution in [0, 0.1) is 11.3 Å². The topological polar surface area (TPSA) is 91.8 Å². The van der Waals surface area contributed by atoms with Gasteiger partial charge in [0.25, 0.3) is 5.91 Å². The van der Waals surface area contributed by atoms with Crippen molar-refractivity contribution in [3.63, 3.8) is 0 Å². The highest BCUT2D eigenvalue weighted by molar-refractivity contribution is 7.09. The molecule has 0 aliphatic rings. The lowest BCUT2D eigenvalue weighted by Crippen LogP contribution is -2.23. The first kappa shape index (κ1) is 15.6. The number of pyridine rings is 1. The normalized spacial score (nSPS) is 11.0. The molecule has 0 aliphatic heterocycles. The van der Waals surface area contributed by atoms with Gasteiger partial charge in [0.1, 0.15) is 22.4 Å². The number of nitrogens with one attached hydrogen (secondary N) is 1. The number of hydrogen-bond acceptors (Lipinski definition) is 6. The first-order valence-electron chi connectivity index (χ1n) is 7.04. The van der Waals surface area contributed by atoms with Crippen LogP contribution in [0.4, 0.5) is 0 Å². The number of rotatable bonds is 5. The van der Waals surface area contributed by atoms with E-state index in [0.717, 1.165) is 16.3 Å². The molecule has 118 valence electrons. The molecular formula is C17H12N4O2S. The monoisotopic (exact) mass is 336 g/mol. The fourth-order valence-electron chi connectivity index (χ4n) is 1.96. The van der Waals surface area contributed by atoms with Crippen molar-refractivity contribution in [1.29, 1.82) is 5.26 Å². The molecule has 0 saturated carbocycles. The first-order valence-corrected chi connectivity index (χ1v) is 7.92. The van der Waals surface area contributed by atoms with Gasteiger partial charge in [-0.3, -0.25) is 9.78 Å². The van der Waals surface area contributed by atoms with Gasteiger partial charge in [-0.2, -0.15) is 5.26 Å². The zero-order valence-electron chi connectivity index (χ0n) is 12.5. The smallest absolute Gasteiger partial charge is 0.262 e. The van der Waals surface area contributed by atoms with E-state index in [9.17, 15) is 4.79 Å². The van der Waals surface area contributed by atoms with Crippen molar-refractivity contribution >= 4 is 23.3 Å². The number of carbonyl (C=O) groups is 1. The van der Waals surface area contributed by atoms with Gasteiger partial charge in [0.05, 0.1) is 18.5 Å². The third kappa shape index (κ3) is 3.74. The third-order valence-electron chi connectivity index (χ3n) is 3.12. The molecule has 0 unspecified atom stereocenters. The Labute approximate surface area is 142 Å². The van der Waals surface area contributed by atoms with Crippen LogP contribution >= 0.6 is 11.3 Å². The summed E-state index contributed by atoms with van der Waals surface area (Å²) < 4.78 is 5.11. The average molecular weight is 336 g/mol. The molecule has 1 N–H and O–H groups in total. The van der Waals surface area contributed by atoms with Gasteiger partial charge in [0.2, 0.25) is 0 Å². The molecule has 0 aliphatic carbocycles. The van der Waals surface area contributed by atoms with Crippen molar-refractivity contribution < 1.29 is 9.21 Å². The zero-order chi connectivity index (χ0) is 16.8. The highest BCUT2D eigenvalue weighted by Crippen LogP contribution is 2.21. The minimum atomic E-state index is -0.463. The maximum absolute atomic E-state index is 12.1. The fourth-order valence-corrected chi connectivity index (χ4v) is 2.71.